The lowest BCUT2D eigenvalue weighted by molar-refractivity contribution is 0.930. The largest absolute Gasteiger partial charge is 0.377 e. The van der Waals surface area contributed by atoms with Crippen LogP contribution in [0.1, 0.15) is 16.3 Å². The summed E-state index contributed by atoms with van der Waals surface area (Å²) in [6, 6.07) is 7.93. The number of imidazole rings is 1. The molecule has 6 heteroatoms. The topological polar surface area (TPSA) is 66.5 Å². The summed E-state index contributed by atoms with van der Waals surface area (Å²) < 4.78 is 1.94. The van der Waals surface area contributed by atoms with Gasteiger partial charge in [0.05, 0.1) is 11.3 Å². The summed E-state index contributed by atoms with van der Waals surface area (Å²) in [5, 5.41) is 14.1. The van der Waals surface area contributed by atoms with E-state index in [1.54, 1.807) is 23.7 Å². The molecule has 3 aromatic rings. The molecule has 0 atom stereocenters. The number of thiophene rings is 1. The van der Waals surface area contributed by atoms with Crippen LogP contribution >= 0.6 is 11.3 Å². The Kier molecular flexibility index (Phi) is 3.67. The van der Waals surface area contributed by atoms with Crippen molar-refractivity contribution in [2.75, 3.05) is 5.32 Å². The van der Waals surface area contributed by atoms with E-state index in [4.69, 9.17) is 5.26 Å². The molecule has 0 bridgehead atoms. The van der Waals surface area contributed by atoms with Gasteiger partial charge < -0.3 is 5.32 Å². The molecule has 5 nitrogen and oxygen atoms in total. The molecule has 1 N–H and O–H groups in total. The maximum absolute atomic E-state index is 8.85. The molecule has 0 saturated heterocycles. The van der Waals surface area contributed by atoms with Crippen molar-refractivity contribution in [3.63, 3.8) is 0 Å². The van der Waals surface area contributed by atoms with Crippen LogP contribution in [0.15, 0.2) is 42.2 Å². The molecule has 0 saturated carbocycles. The molecule has 104 valence electrons. The monoisotopic (exact) mass is 295 g/mol. The number of nitrogens with one attached hydrogen (secondary N) is 1. The van der Waals surface area contributed by atoms with Crippen molar-refractivity contribution in [2.24, 2.45) is 0 Å². The van der Waals surface area contributed by atoms with E-state index in [0.717, 1.165) is 22.2 Å². The molecule has 0 aliphatic rings. The Hall–Kier alpha value is -2.65. The maximum atomic E-state index is 8.85. The van der Waals surface area contributed by atoms with E-state index in [0.29, 0.717) is 12.1 Å². The SMILES string of the molecule is Cc1nccn1-c1ncccc1NCc1cc(C#N)cs1. The van der Waals surface area contributed by atoms with Crippen LogP contribution in [0.3, 0.4) is 0 Å². The Morgan fingerprint density at radius 1 is 1.38 bits per heavy atom. The predicted molar refractivity (Wildman–Crippen MR) is 82.5 cm³/mol. The molecular formula is C15H13N5S. The second-order valence-electron chi connectivity index (χ2n) is 4.49. The maximum Gasteiger partial charge on any atom is 0.161 e. The highest BCUT2D eigenvalue weighted by Gasteiger charge is 2.08. The highest BCUT2D eigenvalue weighted by Crippen LogP contribution is 2.21. The quantitative estimate of drug-likeness (QED) is 0.803. The minimum atomic E-state index is 0.665. The summed E-state index contributed by atoms with van der Waals surface area (Å²) in [6.45, 7) is 2.61. The molecule has 0 fully saturated rings. The van der Waals surface area contributed by atoms with Crippen LogP contribution < -0.4 is 5.32 Å². The van der Waals surface area contributed by atoms with Crippen LogP contribution in [-0.2, 0) is 6.54 Å². The first-order valence-electron chi connectivity index (χ1n) is 6.44. The third-order valence-corrected chi connectivity index (χ3v) is 4.01. The Balaban J connectivity index is 1.83. The lowest BCUT2D eigenvalue weighted by atomic mass is 10.3. The van der Waals surface area contributed by atoms with Crippen LogP contribution in [0, 0.1) is 18.3 Å². The summed E-state index contributed by atoms with van der Waals surface area (Å²) >= 11 is 1.58. The van der Waals surface area contributed by atoms with Crippen molar-refractivity contribution in [1.29, 1.82) is 5.26 Å². The molecule has 0 aromatic carbocycles. The number of hydrogen-bond acceptors (Lipinski definition) is 5. The van der Waals surface area contributed by atoms with Gasteiger partial charge in [0.15, 0.2) is 5.82 Å². The van der Waals surface area contributed by atoms with E-state index in [-0.39, 0.29) is 0 Å². The van der Waals surface area contributed by atoms with Gasteiger partial charge in [0, 0.05) is 35.4 Å². The van der Waals surface area contributed by atoms with Crippen LogP contribution in [0.25, 0.3) is 5.82 Å². The molecule has 3 heterocycles. The number of nitrogens with zero attached hydrogens (tertiary/aromatic N) is 4. The van der Waals surface area contributed by atoms with Crippen LogP contribution in [-0.4, -0.2) is 14.5 Å². The van der Waals surface area contributed by atoms with Gasteiger partial charge in [0.1, 0.15) is 11.9 Å². The highest BCUT2D eigenvalue weighted by atomic mass is 32.1. The normalized spacial score (nSPS) is 10.3. The molecule has 3 aromatic heterocycles. The molecular weight excluding hydrogens is 282 g/mol. The average molecular weight is 295 g/mol. The lowest BCUT2D eigenvalue weighted by Crippen LogP contribution is -2.06. The van der Waals surface area contributed by atoms with Crippen LogP contribution in [0.4, 0.5) is 5.69 Å². The summed E-state index contributed by atoms with van der Waals surface area (Å²) in [7, 11) is 0. The van der Waals surface area contributed by atoms with E-state index < -0.39 is 0 Å². The number of nitriles is 1. The summed E-state index contributed by atoms with van der Waals surface area (Å²) in [5.41, 5.74) is 1.64. The van der Waals surface area contributed by atoms with Gasteiger partial charge in [-0.05, 0) is 25.1 Å². The fourth-order valence-electron chi connectivity index (χ4n) is 2.04. The summed E-state index contributed by atoms with van der Waals surface area (Å²) in [4.78, 5) is 9.77. The highest BCUT2D eigenvalue weighted by molar-refractivity contribution is 7.10. The first kappa shape index (κ1) is 13.3. The van der Waals surface area contributed by atoms with E-state index in [1.165, 1.54) is 0 Å². The zero-order valence-corrected chi connectivity index (χ0v) is 12.3. The second kappa shape index (κ2) is 5.77. The number of pyridine rings is 1. The van der Waals surface area contributed by atoms with Gasteiger partial charge in [-0.25, -0.2) is 9.97 Å². The zero-order chi connectivity index (χ0) is 14.7. The van der Waals surface area contributed by atoms with Crippen LogP contribution in [0.5, 0.6) is 0 Å². The fraction of sp³-hybridized carbons (Fsp3) is 0.133. The van der Waals surface area contributed by atoms with Crippen molar-refractivity contribution in [3.05, 3.63) is 58.4 Å². The second-order valence-corrected chi connectivity index (χ2v) is 5.48. The molecule has 0 aliphatic heterocycles. The third-order valence-electron chi connectivity index (χ3n) is 3.08. The van der Waals surface area contributed by atoms with Gasteiger partial charge in [-0.15, -0.1) is 11.3 Å². The molecule has 0 radical (unpaired) electrons. The molecule has 3 rings (SSSR count). The van der Waals surface area contributed by atoms with E-state index >= 15 is 0 Å². The molecule has 0 aliphatic carbocycles. The minimum absolute atomic E-state index is 0.665. The average Bonchev–Trinajstić information content (AvgIpc) is 3.14. The molecule has 0 amide bonds. The Morgan fingerprint density at radius 3 is 3.00 bits per heavy atom. The third kappa shape index (κ3) is 2.78. The zero-order valence-electron chi connectivity index (χ0n) is 11.4. The van der Waals surface area contributed by atoms with Gasteiger partial charge in [-0.2, -0.15) is 5.26 Å². The fourth-order valence-corrected chi connectivity index (χ4v) is 2.79. The van der Waals surface area contributed by atoms with Gasteiger partial charge in [0.25, 0.3) is 0 Å². The van der Waals surface area contributed by atoms with Crippen molar-refractivity contribution < 1.29 is 0 Å². The number of rotatable bonds is 4. The number of aryl methyl sites for hydroxylation is 1. The lowest BCUT2D eigenvalue weighted by Gasteiger charge is -2.11. The number of aromatic nitrogens is 3. The van der Waals surface area contributed by atoms with Gasteiger partial charge in [-0.1, -0.05) is 0 Å². The standard InChI is InChI=1S/C15H13N5S/c1-11-17-5-6-20(11)15-14(3-2-4-18-15)19-9-13-7-12(8-16)10-21-13/h2-7,10,19H,9H2,1H3. The van der Waals surface area contributed by atoms with E-state index in [9.17, 15) is 0 Å². The molecule has 0 unspecified atom stereocenters. The Labute approximate surface area is 126 Å². The molecule has 0 spiro atoms. The summed E-state index contributed by atoms with van der Waals surface area (Å²) in [5.74, 6) is 1.71. The summed E-state index contributed by atoms with van der Waals surface area (Å²) in [6.07, 6.45) is 5.41. The van der Waals surface area contributed by atoms with E-state index in [2.05, 4.69) is 21.4 Å². The van der Waals surface area contributed by atoms with Gasteiger partial charge in [-0.3, -0.25) is 4.57 Å². The van der Waals surface area contributed by atoms with Crippen molar-refractivity contribution in [3.8, 4) is 11.9 Å². The van der Waals surface area contributed by atoms with Gasteiger partial charge in [0.2, 0.25) is 0 Å². The van der Waals surface area contributed by atoms with Gasteiger partial charge >= 0.3 is 0 Å². The minimum Gasteiger partial charge on any atom is -0.377 e. The first-order valence-corrected chi connectivity index (χ1v) is 7.32. The first-order chi connectivity index (χ1) is 10.3. The van der Waals surface area contributed by atoms with Crippen molar-refractivity contribution in [2.45, 2.75) is 13.5 Å². The molecule has 21 heavy (non-hydrogen) atoms. The number of anilines is 1. The Morgan fingerprint density at radius 2 is 2.29 bits per heavy atom. The predicted octanol–water partition coefficient (Wildman–Crippen LogP) is 3.12. The van der Waals surface area contributed by atoms with Crippen molar-refractivity contribution >= 4 is 17.0 Å². The van der Waals surface area contributed by atoms with Crippen LogP contribution in [0.2, 0.25) is 0 Å². The Bertz CT molecular complexity index is 796. The van der Waals surface area contributed by atoms with Crippen molar-refractivity contribution in [1.82, 2.24) is 14.5 Å². The van der Waals surface area contributed by atoms with E-state index in [1.807, 2.05) is 41.3 Å². The number of hydrogen-bond donors (Lipinski definition) is 1. The smallest absolute Gasteiger partial charge is 0.161 e.